The normalized spacial score (nSPS) is 14.7. The predicted octanol–water partition coefficient (Wildman–Crippen LogP) is 0.880. The molecule has 1 amide bonds. The second kappa shape index (κ2) is 8.60. The van der Waals surface area contributed by atoms with E-state index < -0.39 is 17.1 Å². The lowest BCUT2D eigenvalue weighted by Crippen LogP contribution is -2.41. The average molecular weight is 412 g/mol. The zero-order valence-corrected chi connectivity index (χ0v) is 16.2. The van der Waals surface area contributed by atoms with Crippen LogP contribution < -0.4 is 16.6 Å². The molecular weight excluding hydrogens is 391 g/mol. The van der Waals surface area contributed by atoms with E-state index in [9.17, 15) is 18.8 Å². The maximum absolute atomic E-state index is 13.2. The number of amides is 1. The first kappa shape index (κ1) is 20.0. The highest BCUT2D eigenvalue weighted by molar-refractivity contribution is 5.97. The summed E-state index contributed by atoms with van der Waals surface area (Å²) in [6, 6.07) is 9.59. The fourth-order valence-electron chi connectivity index (χ4n) is 3.44. The highest BCUT2D eigenvalue weighted by atomic mass is 19.1. The van der Waals surface area contributed by atoms with Gasteiger partial charge in [-0.05, 0) is 42.5 Å². The summed E-state index contributed by atoms with van der Waals surface area (Å²) in [7, 11) is 0. The zero-order valence-electron chi connectivity index (χ0n) is 16.2. The number of benzene rings is 2. The second-order valence-electron chi connectivity index (χ2n) is 7.02. The van der Waals surface area contributed by atoms with Gasteiger partial charge in [0.15, 0.2) is 0 Å². The van der Waals surface area contributed by atoms with E-state index in [4.69, 9.17) is 4.74 Å². The lowest BCUT2D eigenvalue weighted by molar-refractivity contribution is 0.0383. The molecule has 1 aliphatic heterocycles. The van der Waals surface area contributed by atoms with E-state index in [2.05, 4.69) is 15.2 Å². The SMILES string of the molecule is O=C(NCCN1CCOCC1)c1ccc2c(=O)n(-c3ccc(F)cc3)c(=O)[nH]c2c1. The molecule has 2 aromatic carbocycles. The summed E-state index contributed by atoms with van der Waals surface area (Å²) in [5, 5.41) is 3.10. The molecule has 0 spiro atoms. The van der Waals surface area contributed by atoms with Gasteiger partial charge in [-0.15, -0.1) is 0 Å². The van der Waals surface area contributed by atoms with Crippen molar-refractivity contribution in [2.24, 2.45) is 0 Å². The van der Waals surface area contributed by atoms with E-state index in [1.54, 1.807) is 6.07 Å². The Morgan fingerprint density at radius 2 is 1.83 bits per heavy atom. The van der Waals surface area contributed by atoms with E-state index in [1.807, 2.05) is 0 Å². The van der Waals surface area contributed by atoms with E-state index in [1.165, 1.54) is 36.4 Å². The number of halogens is 1. The molecule has 3 aromatic rings. The molecule has 9 heteroatoms. The Labute approximate surface area is 170 Å². The molecular formula is C21H21FN4O4. The highest BCUT2D eigenvalue weighted by Gasteiger charge is 2.14. The summed E-state index contributed by atoms with van der Waals surface area (Å²) in [5.41, 5.74) is -0.332. The van der Waals surface area contributed by atoms with Gasteiger partial charge < -0.3 is 15.0 Å². The molecule has 2 N–H and O–H groups in total. The number of fused-ring (bicyclic) bond motifs is 1. The Morgan fingerprint density at radius 1 is 1.10 bits per heavy atom. The summed E-state index contributed by atoms with van der Waals surface area (Å²) in [6.45, 7) is 4.28. The number of H-pyrrole nitrogens is 1. The fraction of sp³-hybridized carbons (Fsp3) is 0.286. The van der Waals surface area contributed by atoms with Crippen LogP contribution in [0.3, 0.4) is 0 Å². The number of rotatable bonds is 5. The van der Waals surface area contributed by atoms with Gasteiger partial charge in [-0.1, -0.05) is 0 Å². The number of aromatic nitrogens is 2. The van der Waals surface area contributed by atoms with Gasteiger partial charge >= 0.3 is 5.69 Å². The molecule has 0 aliphatic carbocycles. The third-order valence-corrected chi connectivity index (χ3v) is 5.06. The second-order valence-corrected chi connectivity index (χ2v) is 7.02. The molecule has 1 fully saturated rings. The van der Waals surface area contributed by atoms with Crippen molar-refractivity contribution < 1.29 is 13.9 Å². The first-order valence-electron chi connectivity index (χ1n) is 9.66. The summed E-state index contributed by atoms with van der Waals surface area (Å²) in [6.07, 6.45) is 0. The topological polar surface area (TPSA) is 96.4 Å². The summed E-state index contributed by atoms with van der Waals surface area (Å²) < 4.78 is 19.4. The van der Waals surface area contributed by atoms with Gasteiger partial charge in [0, 0.05) is 31.7 Å². The maximum Gasteiger partial charge on any atom is 0.333 e. The number of morpholine rings is 1. The Hall–Kier alpha value is -3.30. The van der Waals surface area contributed by atoms with E-state index in [0.29, 0.717) is 25.3 Å². The number of carbonyl (C=O) groups is 1. The lowest BCUT2D eigenvalue weighted by Gasteiger charge is -2.26. The van der Waals surface area contributed by atoms with E-state index in [-0.39, 0.29) is 22.5 Å². The van der Waals surface area contributed by atoms with Gasteiger partial charge in [0.1, 0.15) is 5.82 Å². The molecule has 2 heterocycles. The molecule has 1 aliphatic rings. The van der Waals surface area contributed by atoms with Crippen LogP contribution in [0.2, 0.25) is 0 Å². The number of ether oxygens (including phenoxy) is 1. The van der Waals surface area contributed by atoms with Crippen LogP contribution in [0.25, 0.3) is 16.6 Å². The van der Waals surface area contributed by atoms with Gasteiger partial charge in [-0.2, -0.15) is 0 Å². The lowest BCUT2D eigenvalue weighted by atomic mass is 10.1. The zero-order chi connectivity index (χ0) is 21.1. The average Bonchev–Trinajstić information content (AvgIpc) is 2.75. The Morgan fingerprint density at radius 3 is 2.57 bits per heavy atom. The molecule has 1 saturated heterocycles. The minimum absolute atomic E-state index is 0.254. The molecule has 156 valence electrons. The molecule has 4 rings (SSSR count). The van der Waals surface area contributed by atoms with Crippen molar-refractivity contribution in [2.75, 3.05) is 39.4 Å². The molecule has 0 saturated carbocycles. The number of nitrogens with zero attached hydrogens (tertiary/aromatic N) is 2. The number of hydrogen-bond donors (Lipinski definition) is 2. The number of carbonyl (C=O) groups excluding carboxylic acids is 1. The van der Waals surface area contributed by atoms with Crippen molar-refractivity contribution >= 4 is 16.8 Å². The third-order valence-electron chi connectivity index (χ3n) is 5.06. The molecule has 1 aromatic heterocycles. The molecule has 0 atom stereocenters. The van der Waals surface area contributed by atoms with Crippen molar-refractivity contribution in [3.63, 3.8) is 0 Å². The summed E-state index contributed by atoms with van der Waals surface area (Å²) >= 11 is 0. The molecule has 8 nitrogen and oxygen atoms in total. The number of aromatic amines is 1. The Bertz CT molecular complexity index is 1180. The van der Waals surface area contributed by atoms with Gasteiger partial charge in [0.25, 0.3) is 11.5 Å². The predicted molar refractivity (Wildman–Crippen MR) is 110 cm³/mol. The minimum Gasteiger partial charge on any atom is -0.379 e. The summed E-state index contributed by atoms with van der Waals surface area (Å²) in [5.74, 6) is -0.748. The smallest absolute Gasteiger partial charge is 0.333 e. The highest BCUT2D eigenvalue weighted by Crippen LogP contribution is 2.11. The van der Waals surface area contributed by atoms with Crippen LogP contribution in [0.5, 0.6) is 0 Å². The van der Waals surface area contributed by atoms with Gasteiger partial charge in [-0.3, -0.25) is 14.5 Å². The molecule has 30 heavy (non-hydrogen) atoms. The van der Waals surface area contributed by atoms with E-state index >= 15 is 0 Å². The Balaban J connectivity index is 1.55. The number of nitrogens with one attached hydrogen (secondary N) is 2. The van der Waals surface area contributed by atoms with E-state index in [0.717, 1.165) is 24.2 Å². The van der Waals surface area contributed by atoms with Crippen molar-refractivity contribution in [1.82, 2.24) is 19.8 Å². The molecule has 0 radical (unpaired) electrons. The van der Waals surface area contributed by atoms with Crippen LogP contribution in [0.1, 0.15) is 10.4 Å². The first-order valence-corrected chi connectivity index (χ1v) is 9.66. The number of hydrogen-bond acceptors (Lipinski definition) is 5. The van der Waals surface area contributed by atoms with Crippen LogP contribution >= 0.6 is 0 Å². The molecule has 0 unspecified atom stereocenters. The van der Waals surface area contributed by atoms with Crippen molar-refractivity contribution in [3.05, 3.63) is 74.7 Å². The first-order chi connectivity index (χ1) is 14.5. The van der Waals surface area contributed by atoms with Gasteiger partial charge in [-0.25, -0.2) is 13.8 Å². The van der Waals surface area contributed by atoms with Crippen molar-refractivity contribution in [1.29, 1.82) is 0 Å². The van der Waals surface area contributed by atoms with Gasteiger partial charge in [0.05, 0.1) is 29.8 Å². The fourth-order valence-corrected chi connectivity index (χ4v) is 3.44. The standard InChI is InChI=1S/C21H21FN4O4/c22-15-2-4-16(5-3-15)26-20(28)17-6-1-14(13-18(17)24-21(26)29)19(27)23-7-8-25-9-11-30-12-10-25/h1-6,13H,7-12H2,(H,23,27)(H,24,29). The third kappa shape index (κ3) is 4.17. The van der Waals surface area contributed by atoms with Crippen LogP contribution in [0.15, 0.2) is 52.1 Å². The quantitative estimate of drug-likeness (QED) is 0.649. The van der Waals surface area contributed by atoms with Crippen molar-refractivity contribution in [2.45, 2.75) is 0 Å². The van der Waals surface area contributed by atoms with Crippen LogP contribution in [-0.2, 0) is 4.74 Å². The molecule has 0 bridgehead atoms. The Kier molecular flexibility index (Phi) is 5.73. The largest absolute Gasteiger partial charge is 0.379 e. The van der Waals surface area contributed by atoms with Gasteiger partial charge in [0.2, 0.25) is 0 Å². The minimum atomic E-state index is -0.663. The van der Waals surface area contributed by atoms with Crippen molar-refractivity contribution in [3.8, 4) is 5.69 Å². The van der Waals surface area contributed by atoms with Crippen LogP contribution in [0.4, 0.5) is 4.39 Å². The van der Waals surface area contributed by atoms with Crippen LogP contribution in [0, 0.1) is 5.82 Å². The van der Waals surface area contributed by atoms with Crippen LogP contribution in [-0.4, -0.2) is 59.8 Å². The summed E-state index contributed by atoms with van der Waals surface area (Å²) in [4.78, 5) is 42.6. The monoisotopic (exact) mass is 412 g/mol. The maximum atomic E-state index is 13.2.